The van der Waals surface area contributed by atoms with Gasteiger partial charge in [-0.2, -0.15) is 0 Å². The summed E-state index contributed by atoms with van der Waals surface area (Å²) in [4.78, 5) is 6.61. The third-order valence-corrected chi connectivity index (χ3v) is 4.28. The minimum Gasteiger partial charge on any atom is -0.457 e. The van der Waals surface area contributed by atoms with Crippen molar-refractivity contribution >= 4 is 17.6 Å². The van der Waals surface area contributed by atoms with Crippen LogP contribution in [-0.4, -0.2) is 24.8 Å². The zero-order valence-corrected chi connectivity index (χ0v) is 16.0. The Morgan fingerprint density at radius 3 is 2.60 bits per heavy atom. The van der Waals surface area contributed by atoms with E-state index in [2.05, 4.69) is 50.5 Å². The molecule has 0 N–H and O–H groups in total. The van der Waals surface area contributed by atoms with Gasteiger partial charge < -0.3 is 9.64 Å². The highest BCUT2D eigenvalue weighted by Gasteiger charge is 2.07. The molecule has 2 aromatic carbocycles. The number of rotatable bonds is 7. The molecular formula is C22H28N2O. The van der Waals surface area contributed by atoms with Crippen molar-refractivity contribution < 1.29 is 4.74 Å². The van der Waals surface area contributed by atoms with Crippen LogP contribution in [0.25, 0.3) is 5.57 Å². The Morgan fingerprint density at radius 2 is 1.92 bits per heavy atom. The van der Waals surface area contributed by atoms with Crippen LogP contribution in [0, 0.1) is 13.8 Å². The van der Waals surface area contributed by atoms with E-state index in [-0.39, 0.29) is 0 Å². The van der Waals surface area contributed by atoms with Crippen LogP contribution in [0.4, 0.5) is 5.69 Å². The predicted molar refractivity (Wildman–Crippen MR) is 108 cm³/mol. The molecule has 0 fully saturated rings. The van der Waals surface area contributed by atoms with Crippen LogP contribution in [0.1, 0.15) is 37.0 Å². The lowest BCUT2D eigenvalue weighted by atomic mass is 10.1. The molecule has 0 saturated carbocycles. The van der Waals surface area contributed by atoms with Crippen LogP contribution in [0.2, 0.25) is 0 Å². The van der Waals surface area contributed by atoms with Gasteiger partial charge in [0, 0.05) is 13.6 Å². The van der Waals surface area contributed by atoms with Gasteiger partial charge >= 0.3 is 0 Å². The molecule has 0 aliphatic heterocycles. The third-order valence-electron chi connectivity index (χ3n) is 4.28. The number of aliphatic imine (C=N–C) groups is 1. The molecule has 0 radical (unpaired) electrons. The Morgan fingerprint density at radius 1 is 1.16 bits per heavy atom. The second-order valence-corrected chi connectivity index (χ2v) is 6.31. The summed E-state index contributed by atoms with van der Waals surface area (Å²) < 4.78 is 6.12. The van der Waals surface area contributed by atoms with Crippen LogP contribution < -0.4 is 4.74 Å². The average molecular weight is 336 g/mol. The summed E-state index contributed by atoms with van der Waals surface area (Å²) in [6.45, 7) is 13.3. The van der Waals surface area contributed by atoms with Gasteiger partial charge in [-0.05, 0) is 73.7 Å². The van der Waals surface area contributed by atoms with Crippen molar-refractivity contribution in [1.29, 1.82) is 0 Å². The van der Waals surface area contributed by atoms with Gasteiger partial charge in [-0.3, -0.25) is 0 Å². The number of hydrogen-bond donors (Lipinski definition) is 0. The maximum Gasteiger partial charge on any atom is 0.130 e. The first kappa shape index (κ1) is 18.8. The summed E-state index contributed by atoms with van der Waals surface area (Å²) in [5.74, 6) is 1.69. The van der Waals surface area contributed by atoms with Gasteiger partial charge in [0.15, 0.2) is 0 Å². The number of nitrogens with zero attached hydrogens (tertiary/aromatic N) is 2. The molecule has 3 heteroatoms. The number of allylic oxidation sites excluding steroid dienone is 1. The molecule has 25 heavy (non-hydrogen) atoms. The van der Waals surface area contributed by atoms with Crippen molar-refractivity contribution in [3.63, 3.8) is 0 Å². The van der Waals surface area contributed by atoms with Crippen molar-refractivity contribution in [2.45, 2.75) is 34.1 Å². The van der Waals surface area contributed by atoms with Gasteiger partial charge in [0.2, 0.25) is 0 Å². The van der Waals surface area contributed by atoms with Crippen LogP contribution >= 0.6 is 0 Å². The topological polar surface area (TPSA) is 24.8 Å². The van der Waals surface area contributed by atoms with E-state index in [9.17, 15) is 0 Å². The molecule has 0 aromatic heterocycles. The van der Waals surface area contributed by atoms with Crippen molar-refractivity contribution in [3.05, 3.63) is 59.7 Å². The summed E-state index contributed by atoms with van der Waals surface area (Å²) in [6.07, 6.45) is 2.79. The Bertz CT molecular complexity index is 778. The first-order chi connectivity index (χ1) is 11.9. The van der Waals surface area contributed by atoms with E-state index in [4.69, 9.17) is 4.74 Å². The first-order valence-electron chi connectivity index (χ1n) is 8.76. The quantitative estimate of drug-likeness (QED) is 0.449. The van der Waals surface area contributed by atoms with Crippen molar-refractivity contribution in [1.82, 2.24) is 4.90 Å². The molecular weight excluding hydrogens is 308 g/mol. The summed E-state index contributed by atoms with van der Waals surface area (Å²) in [5.41, 5.74) is 5.37. The molecule has 0 atom stereocenters. The van der Waals surface area contributed by atoms with Gasteiger partial charge in [-0.25, -0.2) is 4.99 Å². The van der Waals surface area contributed by atoms with Gasteiger partial charge in [0.1, 0.15) is 11.5 Å². The van der Waals surface area contributed by atoms with E-state index in [1.807, 2.05) is 43.4 Å². The number of hydrogen-bond acceptors (Lipinski definition) is 2. The molecule has 0 aliphatic carbocycles. The highest BCUT2D eigenvalue weighted by Crippen LogP contribution is 2.32. The normalized spacial score (nSPS) is 10.9. The maximum absolute atomic E-state index is 6.12. The zero-order chi connectivity index (χ0) is 18.4. The second kappa shape index (κ2) is 8.52. The van der Waals surface area contributed by atoms with Crippen LogP contribution in [-0.2, 0) is 0 Å². The highest BCUT2D eigenvalue weighted by molar-refractivity contribution is 5.66. The van der Waals surface area contributed by atoms with Crippen molar-refractivity contribution in [3.8, 4) is 11.5 Å². The summed E-state index contributed by atoms with van der Waals surface area (Å²) >= 11 is 0. The summed E-state index contributed by atoms with van der Waals surface area (Å²) in [5, 5.41) is 0. The molecule has 0 saturated heterocycles. The van der Waals surface area contributed by atoms with E-state index in [1.165, 1.54) is 0 Å². The molecule has 0 spiro atoms. The largest absolute Gasteiger partial charge is 0.457 e. The van der Waals surface area contributed by atoms with Crippen LogP contribution in [0.3, 0.4) is 0 Å². The molecule has 0 aliphatic rings. The Labute approximate surface area is 151 Å². The Kier molecular flexibility index (Phi) is 6.40. The molecule has 132 valence electrons. The fourth-order valence-electron chi connectivity index (χ4n) is 2.38. The Balaban J connectivity index is 2.25. The van der Waals surface area contributed by atoms with Crippen molar-refractivity contribution in [2.75, 3.05) is 13.6 Å². The lowest BCUT2D eigenvalue weighted by Crippen LogP contribution is -2.14. The predicted octanol–water partition coefficient (Wildman–Crippen LogP) is 6.13. The van der Waals surface area contributed by atoms with Gasteiger partial charge in [-0.1, -0.05) is 25.6 Å². The first-order valence-corrected chi connectivity index (χ1v) is 8.76. The lowest BCUT2D eigenvalue weighted by Gasteiger charge is -2.13. The second-order valence-electron chi connectivity index (χ2n) is 6.31. The van der Waals surface area contributed by atoms with E-state index in [0.29, 0.717) is 0 Å². The van der Waals surface area contributed by atoms with Crippen LogP contribution in [0.15, 0.2) is 48.0 Å². The van der Waals surface area contributed by atoms with Gasteiger partial charge in [-0.15, -0.1) is 0 Å². The van der Waals surface area contributed by atoms with Gasteiger partial charge in [0.25, 0.3) is 0 Å². The third kappa shape index (κ3) is 4.96. The molecule has 0 bridgehead atoms. The number of benzene rings is 2. The molecule has 0 amide bonds. The van der Waals surface area contributed by atoms with E-state index < -0.39 is 0 Å². The standard InChI is InChI=1S/C22H28N2O/c1-7-16(3)19-10-9-11-20(14-19)25-22-13-17(4)21(12-18(22)5)23-15-24(6)8-2/h9-15H,3,7-8H2,1-2,4-6H3/b23-15-. The lowest BCUT2D eigenvalue weighted by molar-refractivity contribution is 0.478. The molecule has 2 rings (SSSR count). The van der Waals surface area contributed by atoms with E-state index in [1.54, 1.807) is 0 Å². The fraction of sp³-hybridized carbons (Fsp3) is 0.318. The average Bonchev–Trinajstić information content (AvgIpc) is 2.62. The SMILES string of the molecule is C=C(CC)c1cccc(Oc2cc(C)c(/N=C\N(C)CC)cc2C)c1. The number of ether oxygens (including phenoxy) is 1. The van der Waals surface area contributed by atoms with Crippen molar-refractivity contribution in [2.24, 2.45) is 4.99 Å². The minimum atomic E-state index is 0.830. The highest BCUT2D eigenvalue weighted by atomic mass is 16.5. The van der Waals surface area contributed by atoms with E-state index in [0.717, 1.165) is 52.4 Å². The maximum atomic E-state index is 6.12. The molecule has 3 nitrogen and oxygen atoms in total. The minimum absolute atomic E-state index is 0.830. The molecule has 2 aromatic rings. The molecule has 0 heterocycles. The number of aryl methyl sites for hydroxylation is 2. The smallest absolute Gasteiger partial charge is 0.130 e. The van der Waals surface area contributed by atoms with Gasteiger partial charge in [0.05, 0.1) is 12.0 Å². The Hall–Kier alpha value is -2.55. The summed E-state index contributed by atoms with van der Waals surface area (Å²) in [6, 6.07) is 12.2. The molecule has 0 unspecified atom stereocenters. The van der Waals surface area contributed by atoms with E-state index >= 15 is 0 Å². The monoisotopic (exact) mass is 336 g/mol. The fourth-order valence-corrected chi connectivity index (χ4v) is 2.38. The van der Waals surface area contributed by atoms with Crippen LogP contribution in [0.5, 0.6) is 11.5 Å². The zero-order valence-electron chi connectivity index (χ0n) is 16.0. The summed E-state index contributed by atoms with van der Waals surface area (Å²) in [7, 11) is 2.01.